The highest BCUT2D eigenvalue weighted by Gasteiger charge is 2.32. The highest BCUT2D eigenvalue weighted by molar-refractivity contribution is 5.51. The van der Waals surface area contributed by atoms with Crippen LogP contribution in [0.1, 0.15) is 38.8 Å². The molecule has 0 radical (unpaired) electrons. The van der Waals surface area contributed by atoms with E-state index in [0.717, 1.165) is 0 Å². The fraction of sp³-hybridized carbons (Fsp3) is 0.538. The summed E-state index contributed by atoms with van der Waals surface area (Å²) in [5, 5.41) is 10.1. The molecule has 1 aliphatic rings. The van der Waals surface area contributed by atoms with Crippen molar-refractivity contribution in [2.24, 2.45) is 0 Å². The molecule has 3 nitrogen and oxygen atoms in total. The molecular formula is C13H17FO3. The summed E-state index contributed by atoms with van der Waals surface area (Å²) in [7, 11) is 0. The van der Waals surface area contributed by atoms with Gasteiger partial charge in [-0.1, -0.05) is 0 Å². The summed E-state index contributed by atoms with van der Waals surface area (Å²) in [6.45, 7) is 6.30. The maximum Gasteiger partial charge on any atom is 0.231 e. The second kappa shape index (κ2) is 3.60. The zero-order chi connectivity index (χ0) is 12.8. The monoisotopic (exact) mass is 240 g/mol. The molecular weight excluding hydrogens is 223 g/mol. The number of hydrogen-bond donors (Lipinski definition) is 1. The Balaban J connectivity index is 2.64. The average molecular weight is 240 g/mol. The van der Waals surface area contributed by atoms with E-state index in [9.17, 15) is 9.50 Å². The topological polar surface area (TPSA) is 38.7 Å². The number of ether oxygens (including phenoxy) is 2. The van der Waals surface area contributed by atoms with Gasteiger partial charge in [-0.15, -0.1) is 0 Å². The molecule has 0 aliphatic carbocycles. The minimum absolute atomic E-state index is 0.136. The molecule has 0 saturated carbocycles. The van der Waals surface area contributed by atoms with Gasteiger partial charge in [-0.3, -0.25) is 0 Å². The molecule has 0 fully saturated rings. The summed E-state index contributed by atoms with van der Waals surface area (Å²) in [6.07, 6.45) is 0. The first-order valence-corrected chi connectivity index (χ1v) is 5.55. The quantitative estimate of drug-likeness (QED) is 0.863. The predicted molar refractivity (Wildman–Crippen MR) is 61.9 cm³/mol. The van der Waals surface area contributed by atoms with Crippen LogP contribution in [0.25, 0.3) is 0 Å². The van der Waals surface area contributed by atoms with Gasteiger partial charge in [0.1, 0.15) is 5.67 Å². The molecule has 17 heavy (non-hydrogen) atoms. The van der Waals surface area contributed by atoms with E-state index < -0.39 is 11.3 Å². The van der Waals surface area contributed by atoms with Crippen molar-refractivity contribution in [3.8, 4) is 11.5 Å². The van der Waals surface area contributed by atoms with Gasteiger partial charge in [0.2, 0.25) is 6.79 Å². The molecule has 0 atom stereocenters. The standard InChI is InChI=1S/C13H17FO3/c1-12(2,14)8-5-10-11(17-7-16-10)6-9(8)13(3,4)15/h5-6,15H,7H2,1-4H3. The molecule has 0 spiro atoms. The second-order valence-corrected chi connectivity index (χ2v) is 5.28. The molecule has 94 valence electrons. The molecule has 1 aromatic rings. The summed E-state index contributed by atoms with van der Waals surface area (Å²) in [4.78, 5) is 0. The smallest absolute Gasteiger partial charge is 0.231 e. The Hall–Kier alpha value is -1.29. The van der Waals surface area contributed by atoms with Crippen molar-refractivity contribution in [1.29, 1.82) is 0 Å². The Morgan fingerprint density at radius 2 is 1.53 bits per heavy atom. The molecule has 2 rings (SSSR count). The van der Waals surface area contributed by atoms with Crippen LogP contribution in [0, 0.1) is 0 Å². The molecule has 1 aliphatic heterocycles. The van der Waals surface area contributed by atoms with E-state index in [1.807, 2.05) is 0 Å². The highest BCUT2D eigenvalue weighted by Crippen LogP contribution is 2.42. The minimum Gasteiger partial charge on any atom is -0.454 e. The number of rotatable bonds is 2. The van der Waals surface area contributed by atoms with Crippen LogP contribution in [-0.4, -0.2) is 11.9 Å². The number of benzene rings is 1. The molecule has 0 aromatic heterocycles. The molecule has 4 heteroatoms. The summed E-state index contributed by atoms with van der Waals surface area (Å²) in [5.74, 6) is 1.08. The van der Waals surface area contributed by atoms with Gasteiger partial charge in [-0.05, 0) is 51.0 Å². The van der Waals surface area contributed by atoms with E-state index in [1.165, 1.54) is 13.8 Å². The third kappa shape index (κ3) is 2.22. The first kappa shape index (κ1) is 12.2. The van der Waals surface area contributed by atoms with Gasteiger partial charge in [-0.25, -0.2) is 4.39 Å². The second-order valence-electron chi connectivity index (χ2n) is 5.28. The third-order valence-electron chi connectivity index (χ3n) is 2.81. The number of alkyl halides is 1. The van der Waals surface area contributed by atoms with Crippen LogP contribution in [0.2, 0.25) is 0 Å². The van der Waals surface area contributed by atoms with Crippen LogP contribution in [0.3, 0.4) is 0 Å². The van der Waals surface area contributed by atoms with Crippen LogP contribution < -0.4 is 9.47 Å². The van der Waals surface area contributed by atoms with Crippen molar-refractivity contribution in [3.05, 3.63) is 23.3 Å². The van der Waals surface area contributed by atoms with Gasteiger partial charge < -0.3 is 14.6 Å². The Kier molecular flexibility index (Phi) is 2.58. The Morgan fingerprint density at radius 1 is 1.06 bits per heavy atom. The van der Waals surface area contributed by atoms with E-state index in [0.29, 0.717) is 22.6 Å². The number of halogens is 1. The number of fused-ring (bicyclic) bond motifs is 1. The van der Waals surface area contributed by atoms with E-state index in [1.54, 1.807) is 26.0 Å². The molecule has 1 N–H and O–H groups in total. The zero-order valence-corrected chi connectivity index (χ0v) is 10.5. The average Bonchev–Trinajstić information content (AvgIpc) is 2.59. The molecule has 0 unspecified atom stereocenters. The normalized spacial score (nSPS) is 15.2. The Labute approximate surface area is 100 Å². The van der Waals surface area contributed by atoms with Gasteiger partial charge in [0.25, 0.3) is 0 Å². The van der Waals surface area contributed by atoms with Gasteiger partial charge in [0, 0.05) is 0 Å². The van der Waals surface area contributed by atoms with Gasteiger partial charge in [0.05, 0.1) is 5.60 Å². The fourth-order valence-electron chi connectivity index (χ4n) is 1.94. The molecule has 0 bridgehead atoms. The first-order valence-electron chi connectivity index (χ1n) is 5.55. The molecule has 1 heterocycles. The van der Waals surface area contributed by atoms with E-state index >= 15 is 0 Å². The lowest BCUT2D eigenvalue weighted by atomic mass is 9.86. The lowest BCUT2D eigenvalue weighted by Gasteiger charge is -2.27. The van der Waals surface area contributed by atoms with Crippen LogP contribution in [0.15, 0.2) is 12.1 Å². The Morgan fingerprint density at radius 3 is 1.94 bits per heavy atom. The maximum absolute atomic E-state index is 14.2. The SMILES string of the molecule is CC(C)(O)c1cc2c(cc1C(C)(C)F)OCO2. The van der Waals surface area contributed by atoms with Crippen LogP contribution >= 0.6 is 0 Å². The van der Waals surface area contributed by atoms with Crippen molar-refractivity contribution in [3.63, 3.8) is 0 Å². The van der Waals surface area contributed by atoms with Gasteiger partial charge in [-0.2, -0.15) is 0 Å². The molecule has 1 aromatic carbocycles. The predicted octanol–water partition coefficient (Wildman–Crippen LogP) is 2.85. The largest absolute Gasteiger partial charge is 0.454 e. The van der Waals surface area contributed by atoms with Crippen LogP contribution in [-0.2, 0) is 11.3 Å². The summed E-state index contributed by atoms with van der Waals surface area (Å²) >= 11 is 0. The van der Waals surface area contributed by atoms with Gasteiger partial charge >= 0.3 is 0 Å². The lowest BCUT2D eigenvalue weighted by Crippen LogP contribution is -2.23. The zero-order valence-electron chi connectivity index (χ0n) is 10.5. The highest BCUT2D eigenvalue weighted by atomic mass is 19.1. The maximum atomic E-state index is 14.2. The van der Waals surface area contributed by atoms with Crippen molar-refractivity contribution >= 4 is 0 Å². The summed E-state index contributed by atoms with van der Waals surface area (Å²) in [6, 6.07) is 3.26. The van der Waals surface area contributed by atoms with E-state index in [-0.39, 0.29) is 6.79 Å². The minimum atomic E-state index is -1.55. The first-order chi connectivity index (χ1) is 7.69. The molecule has 0 amide bonds. The van der Waals surface area contributed by atoms with Crippen molar-refractivity contribution < 1.29 is 19.0 Å². The summed E-state index contributed by atoms with van der Waals surface area (Å²) < 4.78 is 24.7. The molecule has 0 saturated heterocycles. The van der Waals surface area contributed by atoms with Crippen molar-refractivity contribution in [2.75, 3.05) is 6.79 Å². The van der Waals surface area contributed by atoms with Crippen molar-refractivity contribution in [2.45, 2.75) is 39.0 Å². The van der Waals surface area contributed by atoms with E-state index in [2.05, 4.69) is 0 Å². The van der Waals surface area contributed by atoms with Crippen molar-refractivity contribution in [1.82, 2.24) is 0 Å². The number of aliphatic hydroxyl groups is 1. The fourth-order valence-corrected chi connectivity index (χ4v) is 1.94. The Bertz CT molecular complexity index is 400. The lowest BCUT2D eigenvalue weighted by molar-refractivity contribution is 0.0728. The third-order valence-corrected chi connectivity index (χ3v) is 2.81. The van der Waals surface area contributed by atoms with Crippen LogP contribution in [0.4, 0.5) is 4.39 Å². The van der Waals surface area contributed by atoms with E-state index in [4.69, 9.17) is 9.47 Å². The number of hydrogen-bond acceptors (Lipinski definition) is 3. The summed E-state index contributed by atoms with van der Waals surface area (Å²) in [5.41, 5.74) is -1.72. The van der Waals surface area contributed by atoms with Crippen LogP contribution in [0.5, 0.6) is 11.5 Å². The van der Waals surface area contributed by atoms with Gasteiger partial charge in [0.15, 0.2) is 11.5 Å².